The molecule has 320 valence electrons. The predicted octanol–water partition coefficient (Wildman–Crippen LogP) is 18.3. The molecule has 0 saturated heterocycles. The van der Waals surface area contributed by atoms with Crippen molar-refractivity contribution < 1.29 is 0 Å². The summed E-state index contributed by atoms with van der Waals surface area (Å²) in [6, 6.07) is 101. The van der Waals surface area contributed by atoms with Crippen LogP contribution in [0.25, 0.3) is 94.3 Å². The summed E-state index contributed by atoms with van der Waals surface area (Å²) >= 11 is 0. The molecule has 0 aliphatic carbocycles. The van der Waals surface area contributed by atoms with Gasteiger partial charge in [0, 0.05) is 33.3 Å². The van der Waals surface area contributed by atoms with E-state index in [1.165, 1.54) is 77.4 Å². The van der Waals surface area contributed by atoms with Gasteiger partial charge in [0.2, 0.25) is 0 Å². The molecule has 11 aromatic carbocycles. The molecule has 0 spiro atoms. The van der Waals surface area contributed by atoms with Crippen molar-refractivity contribution in [2.24, 2.45) is 0 Å². The van der Waals surface area contributed by atoms with Crippen LogP contribution in [0, 0.1) is 0 Å². The highest BCUT2D eigenvalue weighted by atomic mass is 15.1. The van der Waals surface area contributed by atoms with Crippen molar-refractivity contribution in [3.05, 3.63) is 279 Å². The van der Waals surface area contributed by atoms with Crippen molar-refractivity contribution in [2.75, 3.05) is 4.90 Å². The summed E-state index contributed by atoms with van der Waals surface area (Å²) in [5.74, 6) is 0. The van der Waals surface area contributed by atoms with Crippen molar-refractivity contribution in [1.29, 1.82) is 0 Å². The van der Waals surface area contributed by atoms with Crippen molar-refractivity contribution >= 4 is 38.9 Å². The lowest BCUT2D eigenvalue weighted by Gasteiger charge is -2.29. The first-order chi connectivity index (χ1) is 33.8. The molecule has 0 saturated carbocycles. The molecule has 68 heavy (non-hydrogen) atoms. The standard InChI is InChI=1S/C66H46N2/c1-3-21-47(22-4-1)53-25-7-8-26-54(53)49-39-43-51(44-40-49)67(64-36-18-14-32-60(64)59-31-12-11-30-58(59)57-29-10-9-27-55(57)48-23-5-2-6-24-48)52-45-41-50(42-46-52)56-28-13-17-35-63(56)68-65-37-19-15-33-61(65)62-34-16-20-38-66(62)68/h1-46H. The lowest BCUT2D eigenvalue weighted by atomic mass is 9.88. The number of benzene rings is 11. The van der Waals surface area contributed by atoms with Crippen LogP contribution in [0.15, 0.2) is 279 Å². The van der Waals surface area contributed by atoms with Gasteiger partial charge < -0.3 is 9.47 Å². The Hall–Kier alpha value is -8.98. The number of aromatic nitrogens is 1. The summed E-state index contributed by atoms with van der Waals surface area (Å²) in [6.07, 6.45) is 0. The fourth-order valence-corrected chi connectivity index (χ4v) is 10.1. The second-order valence-corrected chi connectivity index (χ2v) is 17.2. The van der Waals surface area contributed by atoms with Gasteiger partial charge in [0.1, 0.15) is 0 Å². The molecule has 0 aliphatic heterocycles. The molecule has 0 unspecified atom stereocenters. The lowest BCUT2D eigenvalue weighted by Crippen LogP contribution is -2.11. The molecular formula is C66H46N2. The Balaban J connectivity index is 1.01. The minimum absolute atomic E-state index is 1.06. The van der Waals surface area contributed by atoms with Crippen LogP contribution in [-0.2, 0) is 0 Å². The number of nitrogens with zero attached hydrogens (tertiary/aromatic N) is 2. The molecule has 0 bridgehead atoms. The molecule has 12 aromatic rings. The van der Waals surface area contributed by atoms with Crippen molar-refractivity contribution in [1.82, 2.24) is 4.57 Å². The Morgan fingerprint density at radius 2 is 0.544 bits per heavy atom. The molecule has 0 aliphatic rings. The maximum Gasteiger partial charge on any atom is 0.0541 e. The maximum atomic E-state index is 2.42. The van der Waals surface area contributed by atoms with E-state index in [4.69, 9.17) is 0 Å². The molecule has 0 amide bonds. The molecule has 2 nitrogen and oxygen atoms in total. The van der Waals surface area contributed by atoms with Gasteiger partial charge in [-0.15, -0.1) is 0 Å². The van der Waals surface area contributed by atoms with Crippen molar-refractivity contribution in [2.45, 2.75) is 0 Å². The number of para-hydroxylation sites is 4. The van der Waals surface area contributed by atoms with Gasteiger partial charge in [-0.2, -0.15) is 0 Å². The second-order valence-electron chi connectivity index (χ2n) is 17.2. The zero-order valence-electron chi connectivity index (χ0n) is 37.5. The van der Waals surface area contributed by atoms with Gasteiger partial charge in [-0.05, 0) is 104 Å². The molecular weight excluding hydrogens is 821 g/mol. The van der Waals surface area contributed by atoms with E-state index in [0.717, 1.165) is 33.9 Å². The molecule has 0 radical (unpaired) electrons. The van der Waals surface area contributed by atoms with Gasteiger partial charge in [-0.1, -0.05) is 231 Å². The number of hydrogen-bond acceptors (Lipinski definition) is 1. The Labute approximate surface area is 397 Å². The number of rotatable bonds is 10. The average Bonchev–Trinajstić information content (AvgIpc) is 3.76. The Kier molecular flexibility index (Phi) is 10.6. The zero-order valence-corrected chi connectivity index (χ0v) is 37.5. The normalized spacial score (nSPS) is 11.2. The van der Waals surface area contributed by atoms with E-state index in [1.807, 2.05) is 0 Å². The van der Waals surface area contributed by atoms with Crippen LogP contribution in [0.2, 0.25) is 0 Å². The van der Waals surface area contributed by atoms with Crippen molar-refractivity contribution in [3.63, 3.8) is 0 Å². The fraction of sp³-hybridized carbons (Fsp3) is 0. The van der Waals surface area contributed by atoms with Gasteiger partial charge in [0.05, 0.1) is 22.4 Å². The van der Waals surface area contributed by atoms with Gasteiger partial charge >= 0.3 is 0 Å². The Morgan fingerprint density at radius 3 is 1.06 bits per heavy atom. The minimum Gasteiger partial charge on any atom is -0.310 e. The molecule has 0 atom stereocenters. The SMILES string of the molecule is c1ccc(-c2ccccc2-c2ccc(N(c3ccc(-c4ccccc4-n4c5ccccc5c5ccccc54)cc3)c3ccccc3-c3ccccc3-c3ccccc3-c3ccccc3)cc2)cc1. The van der Waals surface area contributed by atoms with Crippen molar-refractivity contribution in [3.8, 4) is 72.4 Å². The van der Waals surface area contributed by atoms with Crippen LogP contribution >= 0.6 is 0 Å². The smallest absolute Gasteiger partial charge is 0.0541 e. The zero-order chi connectivity index (χ0) is 45.2. The van der Waals surface area contributed by atoms with Crippen LogP contribution in [0.3, 0.4) is 0 Å². The molecule has 0 fully saturated rings. The van der Waals surface area contributed by atoms with E-state index >= 15 is 0 Å². The van der Waals surface area contributed by atoms with E-state index in [2.05, 4.69) is 289 Å². The molecule has 0 N–H and O–H groups in total. The first-order valence-electron chi connectivity index (χ1n) is 23.3. The predicted molar refractivity (Wildman–Crippen MR) is 288 cm³/mol. The van der Waals surface area contributed by atoms with Crippen LogP contribution in [0.5, 0.6) is 0 Å². The van der Waals surface area contributed by atoms with Gasteiger partial charge in [-0.3, -0.25) is 0 Å². The van der Waals surface area contributed by atoms with Gasteiger partial charge in [0.15, 0.2) is 0 Å². The third kappa shape index (κ3) is 7.35. The van der Waals surface area contributed by atoms with Gasteiger partial charge in [0.25, 0.3) is 0 Å². The Morgan fingerprint density at radius 1 is 0.221 bits per heavy atom. The topological polar surface area (TPSA) is 8.17 Å². The first-order valence-corrected chi connectivity index (χ1v) is 23.3. The largest absolute Gasteiger partial charge is 0.310 e. The summed E-state index contributed by atoms with van der Waals surface area (Å²) in [7, 11) is 0. The number of anilines is 3. The highest BCUT2D eigenvalue weighted by Gasteiger charge is 2.22. The van der Waals surface area contributed by atoms with E-state index in [1.54, 1.807) is 0 Å². The van der Waals surface area contributed by atoms with Crippen LogP contribution in [0.1, 0.15) is 0 Å². The summed E-state index contributed by atoms with van der Waals surface area (Å²) in [5, 5.41) is 2.50. The van der Waals surface area contributed by atoms with Crippen LogP contribution in [-0.4, -0.2) is 4.57 Å². The number of fused-ring (bicyclic) bond motifs is 3. The highest BCUT2D eigenvalue weighted by Crippen LogP contribution is 2.46. The summed E-state index contributed by atoms with van der Waals surface area (Å²) in [6.45, 7) is 0. The quantitative estimate of drug-likeness (QED) is 0.133. The minimum atomic E-state index is 1.06. The fourth-order valence-electron chi connectivity index (χ4n) is 10.1. The Bertz CT molecular complexity index is 3660. The average molecular weight is 867 g/mol. The summed E-state index contributed by atoms with van der Waals surface area (Å²) in [5.41, 5.74) is 21.0. The van der Waals surface area contributed by atoms with E-state index in [9.17, 15) is 0 Å². The number of hydrogen-bond donors (Lipinski definition) is 0. The van der Waals surface area contributed by atoms with Crippen LogP contribution in [0.4, 0.5) is 17.1 Å². The van der Waals surface area contributed by atoms with Gasteiger partial charge in [-0.25, -0.2) is 0 Å². The molecule has 12 rings (SSSR count). The first kappa shape index (κ1) is 40.5. The third-order valence-electron chi connectivity index (χ3n) is 13.3. The maximum absolute atomic E-state index is 2.42. The summed E-state index contributed by atoms with van der Waals surface area (Å²) in [4.78, 5) is 2.42. The van der Waals surface area contributed by atoms with E-state index < -0.39 is 0 Å². The van der Waals surface area contributed by atoms with E-state index in [0.29, 0.717) is 0 Å². The summed E-state index contributed by atoms with van der Waals surface area (Å²) < 4.78 is 2.42. The molecule has 1 aromatic heterocycles. The lowest BCUT2D eigenvalue weighted by molar-refractivity contribution is 1.18. The third-order valence-corrected chi connectivity index (χ3v) is 13.3. The molecule has 2 heteroatoms. The van der Waals surface area contributed by atoms with Crippen LogP contribution < -0.4 is 4.90 Å². The monoisotopic (exact) mass is 866 g/mol. The van der Waals surface area contributed by atoms with E-state index in [-0.39, 0.29) is 0 Å². The second kappa shape index (κ2) is 17.8. The molecule has 1 heterocycles. The highest BCUT2D eigenvalue weighted by molar-refractivity contribution is 6.10.